The number of benzene rings is 2. The Kier molecular flexibility index (Phi) is 4.90. The summed E-state index contributed by atoms with van der Waals surface area (Å²) >= 11 is 0. The first-order chi connectivity index (χ1) is 11.2. The molecule has 24 heavy (non-hydrogen) atoms. The predicted octanol–water partition coefficient (Wildman–Crippen LogP) is 2.72. The molecule has 0 atom stereocenters. The van der Waals surface area contributed by atoms with Gasteiger partial charge in [0.1, 0.15) is 10.5 Å². The standard InChI is InChI=1S/C14H12N2O7S/c1-10-13(15(17)18)7-12(8-14(10)16(19)20)24(21,22)23-9-11-5-3-2-4-6-11/h2-8H,9H2,1H3. The second-order valence-electron chi connectivity index (χ2n) is 4.80. The minimum Gasteiger partial charge on any atom is -0.262 e. The quantitative estimate of drug-likeness (QED) is 0.444. The van der Waals surface area contributed by atoms with Gasteiger partial charge in [-0.25, -0.2) is 0 Å². The van der Waals surface area contributed by atoms with E-state index in [-0.39, 0.29) is 12.2 Å². The van der Waals surface area contributed by atoms with Gasteiger partial charge in [-0.05, 0) is 12.5 Å². The number of hydrogen-bond acceptors (Lipinski definition) is 7. The van der Waals surface area contributed by atoms with Crippen molar-refractivity contribution in [1.29, 1.82) is 0 Å². The number of hydrogen-bond donors (Lipinski definition) is 0. The van der Waals surface area contributed by atoms with E-state index in [1.54, 1.807) is 30.3 Å². The first kappa shape index (κ1) is 17.5. The van der Waals surface area contributed by atoms with Gasteiger partial charge in [-0.2, -0.15) is 8.42 Å². The van der Waals surface area contributed by atoms with Crippen molar-refractivity contribution in [3.8, 4) is 0 Å². The van der Waals surface area contributed by atoms with Crippen molar-refractivity contribution in [3.05, 3.63) is 73.8 Å². The molecule has 0 radical (unpaired) electrons. The topological polar surface area (TPSA) is 130 Å². The summed E-state index contributed by atoms with van der Waals surface area (Å²) in [6, 6.07) is 9.89. The van der Waals surface area contributed by atoms with Gasteiger partial charge in [-0.3, -0.25) is 24.4 Å². The molecule has 0 saturated carbocycles. The third-order valence-electron chi connectivity index (χ3n) is 3.23. The summed E-state index contributed by atoms with van der Waals surface area (Å²) in [6.07, 6.45) is 0. The summed E-state index contributed by atoms with van der Waals surface area (Å²) in [5, 5.41) is 22.0. The van der Waals surface area contributed by atoms with E-state index in [4.69, 9.17) is 4.18 Å². The Balaban J connectivity index is 2.42. The highest BCUT2D eigenvalue weighted by Crippen LogP contribution is 2.32. The summed E-state index contributed by atoms with van der Waals surface area (Å²) in [5.74, 6) is 0. The molecule has 0 bridgehead atoms. The van der Waals surface area contributed by atoms with Crippen molar-refractivity contribution >= 4 is 21.5 Å². The molecule has 9 nitrogen and oxygen atoms in total. The van der Waals surface area contributed by atoms with E-state index in [1.807, 2.05) is 0 Å². The van der Waals surface area contributed by atoms with Gasteiger partial charge in [0, 0.05) is 12.1 Å². The van der Waals surface area contributed by atoms with Crippen molar-refractivity contribution in [2.24, 2.45) is 0 Å². The first-order valence-electron chi connectivity index (χ1n) is 6.59. The van der Waals surface area contributed by atoms with Crippen molar-refractivity contribution in [2.45, 2.75) is 18.4 Å². The summed E-state index contributed by atoms with van der Waals surface area (Å²) in [6.45, 7) is 0.885. The lowest BCUT2D eigenvalue weighted by Crippen LogP contribution is -2.09. The molecule has 2 aromatic carbocycles. The minimum atomic E-state index is -4.40. The number of nitro groups is 2. The fourth-order valence-corrected chi connectivity index (χ4v) is 2.91. The Labute approximate surface area is 136 Å². The van der Waals surface area contributed by atoms with Crippen molar-refractivity contribution in [2.75, 3.05) is 0 Å². The van der Waals surface area contributed by atoms with E-state index < -0.39 is 36.2 Å². The molecule has 0 fully saturated rings. The predicted molar refractivity (Wildman–Crippen MR) is 82.9 cm³/mol. The SMILES string of the molecule is Cc1c([N+](=O)[O-])cc(S(=O)(=O)OCc2ccccc2)cc1[N+](=O)[O-]. The zero-order chi connectivity index (χ0) is 17.9. The zero-order valence-electron chi connectivity index (χ0n) is 12.4. The number of rotatable bonds is 6. The molecule has 0 unspecified atom stereocenters. The van der Waals surface area contributed by atoms with Crippen molar-refractivity contribution < 1.29 is 22.4 Å². The molecule has 2 aromatic rings. The van der Waals surface area contributed by atoms with Gasteiger partial charge in [-0.1, -0.05) is 30.3 Å². The third-order valence-corrected chi connectivity index (χ3v) is 4.47. The Morgan fingerprint density at radius 3 is 1.96 bits per heavy atom. The van der Waals surface area contributed by atoms with Crippen LogP contribution in [0.5, 0.6) is 0 Å². The molecule has 2 rings (SSSR count). The maximum atomic E-state index is 12.2. The third kappa shape index (κ3) is 3.73. The molecule has 0 heterocycles. The van der Waals surface area contributed by atoms with Crippen molar-refractivity contribution in [3.63, 3.8) is 0 Å². The fourth-order valence-electron chi connectivity index (χ4n) is 1.97. The van der Waals surface area contributed by atoms with E-state index in [1.165, 1.54) is 6.92 Å². The van der Waals surface area contributed by atoms with Crippen LogP contribution in [0.2, 0.25) is 0 Å². The van der Waals surface area contributed by atoms with Crippen LogP contribution in [0.15, 0.2) is 47.4 Å². The largest absolute Gasteiger partial charge is 0.297 e. The monoisotopic (exact) mass is 352 g/mol. The average Bonchev–Trinajstić information content (AvgIpc) is 2.53. The van der Waals surface area contributed by atoms with Crippen molar-refractivity contribution in [1.82, 2.24) is 0 Å². The molecule has 0 aliphatic carbocycles. The lowest BCUT2D eigenvalue weighted by molar-refractivity contribution is -0.395. The molecule has 0 aromatic heterocycles. The van der Waals surface area contributed by atoms with E-state index in [9.17, 15) is 28.6 Å². The van der Waals surface area contributed by atoms with Crippen LogP contribution in [0.1, 0.15) is 11.1 Å². The lowest BCUT2D eigenvalue weighted by Gasteiger charge is -2.07. The molecular formula is C14H12N2O7S. The van der Waals surface area contributed by atoms with Gasteiger partial charge in [-0.15, -0.1) is 0 Å². The van der Waals surface area contributed by atoms with Crippen LogP contribution < -0.4 is 0 Å². The Bertz CT molecular complexity index is 860. The normalized spacial score (nSPS) is 11.2. The second kappa shape index (κ2) is 6.72. The van der Waals surface area contributed by atoms with Gasteiger partial charge in [0.2, 0.25) is 0 Å². The van der Waals surface area contributed by atoms with Gasteiger partial charge in [0.05, 0.1) is 16.5 Å². The highest BCUT2D eigenvalue weighted by molar-refractivity contribution is 7.86. The van der Waals surface area contributed by atoms with Crippen LogP contribution in [0.4, 0.5) is 11.4 Å². The lowest BCUT2D eigenvalue weighted by atomic mass is 10.1. The van der Waals surface area contributed by atoms with E-state index in [2.05, 4.69) is 0 Å². The van der Waals surface area contributed by atoms with Crippen LogP contribution in [-0.2, 0) is 20.9 Å². The summed E-state index contributed by atoms with van der Waals surface area (Å²) in [7, 11) is -4.40. The van der Waals surface area contributed by atoms with Gasteiger partial charge < -0.3 is 0 Å². The maximum Gasteiger partial charge on any atom is 0.297 e. The Morgan fingerprint density at radius 2 is 1.50 bits per heavy atom. The Hall–Kier alpha value is -2.85. The van der Waals surface area contributed by atoms with Gasteiger partial charge in [0.25, 0.3) is 21.5 Å². The van der Waals surface area contributed by atoms with Crippen LogP contribution >= 0.6 is 0 Å². The highest BCUT2D eigenvalue weighted by Gasteiger charge is 2.28. The maximum absolute atomic E-state index is 12.2. The summed E-state index contributed by atoms with van der Waals surface area (Å²) < 4.78 is 29.2. The van der Waals surface area contributed by atoms with E-state index in [0.717, 1.165) is 12.1 Å². The molecule has 0 spiro atoms. The molecule has 0 aliphatic rings. The van der Waals surface area contributed by atoms with Gasteiger partial charge >= 0.3 is 0 Å². The number of nitrogens with zero attached hydrogens (tertiary/aromatic N) is 2. The smallest absolute Gasteiger partial charge is 0.262 e. The highest BCUT2D eigenvalue weighted by atomic mass is 32.2. The molecule has 0 saturated heterocycles. The van der Waals surface area contributed by atoms with Crippen LogP contribution in [0.25, 0.3) is 0 Å². The zero-order valence-corrected chi connectivity index (χ0v) is 13.2. The van der Waals surface area contributed by atoms with Crippen LogP contribution in [0, 0.1) is 27.2 Å². The van der Waals surface area contributed by atoms with Gasteiger partial charge in [0.15, 0.2) is 0 Å². The molecule has 0 amide bonds. The van der Waals surface area contributed by atoms with Crippen LogP contribution in [0.3, 0.4) is 0 Å². The number of nitro benzene ring substituents is 2. The molecule has 0 N–H and O–H groups in total. The molecule has 0 aliphatic heterocycles. The molecule has 126 valence electrons. The first-order valence-corrected chi connectivity index (χ1v) is 8.00. The summed E-state index contributed by atoms with van der Waals surface area (Å²) in [5.41, 5.74) is -0.985. The fraction of sp³-hybridized carbons (Fsp3) is 0.143. The Morgan fingerprint density at radius 1 is 1.00 bits per heavy atom. The average molecular weight is 352 g/mol. The molecular weight excluding hydrogens is 340 g/mol. The minimum absolute atomic E-state index is 0.230. The summed E-state index contributed by atoms with van der Waals surface area (Å²) in [4.78, 5) is 19.6. The van der Waals surface area contributed by atoms with Crippen LogP contribution in [-0.4, -0.2) is 18.3 Å². The van der Waals surface area contributed by atoms with E-state index >= 15 is 0 Å². The second-order valence-corrected chi connectivity index (χ2v) is 6.42. The van der Waals surface area contributed by atoms with E-state index in [0.29, 0.717) is 5.56 Å². The molecule has 10 heteroatoms.